The molecule has 0 saturated carbocycles. The summed E-state index contributed by atoms with van der Waals surface area (Å²) in [6, 6.07) is 8.79. The number of hydrogen-bond acceptors (Lipinski definition) is 6. The SMILES string of the molecule is CC1(C)OB([C@@H](CCCc2ccccc2)NC(=O)C(CC(=O)N2CCOCC2)NC(=O)O)OC1(C)C. The van der Waals surface area contributed by atoms with E-state index >= 15 is 0 Å². The quantitative estimate of drug-likeness (QED) is 0.417. The van der Waals surface area contributed by atoms with Crippen LogP contribution in [0, 0.1) is 0 Å². The summed E-state index contributed by atoms with van der Waals surface area (Å²) in [7, 11) is -0.713. The second-order valence-electron chi connectivity index (χ2n) is 10.3. The van der Waals surface area contributed by atoms with Gasteiger partial charge in [0.2, 0.25) is 11.8 Å². The Hall–Kier alpha value is -2.63. The fraction of sp³-hybridized carbons (Fsp3) is 0.640. The van der Waals surface area contributed by atoms with Crippen LogP contribution in [-0.4, -0.2) is 84.5 Å². The molecular weight excluding hydrogens is 465 g/mol. The number of carbonyl (C=O) groups is 3. The number of amides is 3. The molecule has 3 amide bonds. The molecule has 0 spiro atoms. The lowest BCUT2D eigenvalue weighted by Gasteiger charge is -2.32. The number of hydrogen-bond donors (Lipinski definition) is 3. The highest BCUT2D eigenvalue weighted by atomic mass is 16.7. The van der Waals surface area contributed by atoms with E-state index in [9.17, 15) is 19.5 Å². The molecule has 0 aromatic heterocycles. The van der Waals surface area contributed by atoms with Gasteiger partial charge < -0.3 is 34.7 Å². The molecule has 2 saturated heterocycles. The van der Waals surface area contributed by atoms with Gasteiger partial charge in [0.05, 0.1) is 36.8 Å². The van der Waals surface area contributed by atoms with Gasteiger partial charge in [0, 0.05) is 13.1 Å². The third-order valence-electron chi connectivity index (χ3n) is 7.11. The highest BCUT2D eigenvalue weighted by Crippen LogP contribution is 2.38. The van der Waals surface area contributed by atoms with E-state index in [1.807, 2.05) is 58.0 Å². The van der Waals surface area contributed by atoms with Crippen LogP contribution in [0.5, 0.6) is 0 Å². The summed E-state index contributed by atoms with van der Waals surface area (Å²) in [5, 5.41) is 14.4. The van der Waals surface area contributed by atoms with Crippen LogP contribution < -0.4 is 10.6 Å². The summed E-state index contributed by atoms with van der Waals surface area (Å²) >= 11 is 0. The number of ether oxygens (including phenoxy) is 1. The van der Waals surface area contributed by atoms with Crippen LogP contribution in [0.1, 0.15) is 52.5 Å². The van der Waals surface area contributed by atoms with Crippen molar-refractivity contribution in [1.82, 2.24) is 15.5 Å². The zero-order valence-electron chi connectivity index (χ0n) is 21.6. The molecule has 2 heterocycles. The molecule has 2 aliphatic heterocycles. The number of aryl methyl sites for hydroxylation is 1. The molecule has 1 aromatic carbocycles. The maximum atomic E-state index is 13.3. The van der Waals surface area contributed by atoms with Crippen LogP contribution in [0.15, 0.2) is 30.3 Å². The first-order chi connectivity index (χ1) is 17.0. The Morgan fingerprint density at radius 1 is 1.03 bits per heavy atom. The molecule has 10 nitrogen and oxygen atoms in total. The number of morpholine rings is 1. The van der Waals surface area contributed by atoms with Gasteiger partial charge in [-0.15, -0.1) is 0 Å². The molecule has 2 atom stereocenters. The van der Waals surface area contributed by atoms with Gasteiger partial charge in [-0.25, -0.2) is 4.79 Å². The van der Waals surface area contributed by atoms with Crippen molar-refractivity contribution in [2.45, 2.75) is 76.6 Å². The second-order valence-corrected chi connectivity index (χ2v) is 10.3. The average Bonchev–Trinajstić information content (AvgIpc) is 3.05. The van der Waals surface area contributed by atoms with Crippen molar-refractivity contribution in [1.29, 1.82) is 0 Å². The molecule has 0 radical (unpaired) electrons. The first-order valence-corrected chi connectivity index (χ1v) is 12.5. The number of carboxylic acid groups (broad SMARTS) is 1. The molecule has 36 heavy (non-hydrogen) atoms. The Bertz CT molecular complexity index is 890. The largest absolute Gasteiger partial charge is 0.481 e. The summed E-state index contributed by atoms with van der Waals surface area (Å²) in [4.78, 5) is 39.0. The van der Waals surface area contributed by atoms with Gasteiger partial charge in [-0.2, -0.15) is 0 Å². The van der Waals surface area contributed by atoms with Crippen LogP contribution in [0.2, 0.25) is 0 Å². The fourth-order valence-electron chi connectivity index (χ4n) is 4.26. The van der Waals surface area contributed by atoms with E-state index in [-0.39, 0.29) is 12.3 Å². The van der Waals surface area contributed by atoms with Gasteiger partial charge in [0.1, 0.15) is 6.04 Å². The monoisotopic (exact) mass is 503 g/mol. The lowest BCUT2D eigenvalue weighted by Crippen LogP contribution is -2.56. The predicted molar refractivity (Wildman–Crippen MR) is 134 cm³/mol. The smallest absolute Gasteiger partial charge is 0.465 e. The first-order valence-electron chi connectivity index (χ1n) is 12.5. The second kappa shape index (κ2) is 12.1. The molecule has 2 aliphatic rings. The summed E-state index contributed by atoms with van der Waals surface area (Å²) in [5.74, 6) is -1.42. The standard InChI is InChI=1S/C25H38BN3O7/c1-24(2)25(3,4)36-26(35-24)20(12-8-11-18-9-6-5-7-10-18)28-22(31)19(27-23(32)33)17-21(30)29-13-15-34-16-14-29/h5-7,9-10,19-20,27H,8,11-17H2,1-4H3,(H,28,31)(H,32,33)/t19?,20-/m1/s1. The minimum atomic E-state index is -1.37. The van der Waals surface area contributed by atoms with Gasteiger partial charge in [0.25, 0.3) is 0 Å². The van der Waals surface area contributed by atoms with Crippen LogP contribution in [0.4, 0.5) is 4.79 Å². The summed E-state index contributed by atoms with van der Waals surface area (Å²) < 4.78 is 17.7. The average molecular weight is 503 g/mol. The maximum absolute atomic E-state index is 13.3. The van der Waals surface area contributed by atoms with Crippen LogP contribution in [0.25, 0.3) is 0 Å². The Labute approximate surface area is 213 Å². The Morgan fingerprint density at radius 2 is 1.64 bits per heavy atom. The van der Waals surface area contributed by atoms with Crippen molar-refractivity contribution in [3.05, 3.63) is 35.9 Å². The fourth-order valence-corrected chi connectivity index (χ4v) is 4.26. The van der Waals surface area contributed by atoms with Gasteiger partial charge in [-0.1, -0.05) is 30.3 Å². The van der Waals surface area contributed by atoms with Crippen molar-refractivity contribution in [3.63, 3.8) is 0 Å². The zero-order valence-corrected chi connectivity index (χ0v) is 21.6. The molecule has 11 heteroatoms. The zero-order chi connectivity index (χ0) is 26.3. The summed E-state index contributed by atoms with van der Waals surface area (Å²) in [5.41, 5.74) is -0.00562. The molecule has 0 aliphatic carbocycles. The van der Waals surface area contributed by atoms with Crippen molar-refractivity contribution < 1.29 is 33.5 Å². The Morgan fingerprint density at radius 3 is 2.22 bits per heavy atom. The number of rotatable bonds is 10. The first kappa shape index (κ1) is 28.0. The molecule has 0 bridgehead atoms. The highest BCUT2D eigenvalue weighted by Gasteiger charge is 2.54. The van der Waals surface area contributed by atoms with Gasteiger partial charge in [-0.3, -0.25) is 9.59 Å². The molecule has 198 valence electrons. The van der Waals surface area contributed by atoms with E-state index in [4.69, 9.17) is 14.0 Å². The Kier molecular flexibility index (Phi) is 9.38. The molecule has 3 rings (SSSR count). The molecule has 1 unspecified atom stereocenters. The number of nitrogens with zero attached hydrogens (tertiary/aromatic N) is 1. The van der Waals surface area contributed by atoms with Crippen LogP contribution >= 0.6 is 0 Å². The molecular formula is C25H38BN3O7. The third kappa shape index (κ3) is 7.44. The third-order valence-corrected chi connectivity index (χ3v) is 7.11. The van der Waals surface area contributed by atoms with Gasteiger partial charge in [0.15, 0.2) is 0 Å². The number of benzene rings is 1. The van der Waals surface area contributed by atoms with Gasteiger partial charge >= 0.3 is 13.2 Å². The van der Waals surface area contributed by atoms with Crippen LogP contribution in [0.3, 0.4) is 0 Å². The topological polar surface area (TPSA) is 126 Å². The van der Waals surface area contributed by atoms with E-state index in [0.717, 1.165) is 12.8 Å². The maximum Gasteiger partial charge on any atom is 0.481 e. The predicted octanol–water partition coefficient (Wildman–Crippen LogP) is 2.01. The van der Waals surface area contributed by atoms with E-state index in [0.29, 0.717) is 32.7 Å². The molecule has 1 aromatic rings. The van der Waals surface area contributed by atoms with Crippen molar-refractivity contribution in [3.8, 4) is 0 Å². The van der Waals surface area contributed by atoms with Gasteiger partial charge in [-0.05, 0) is 52.5 Å². The molecule has 2 fully saturated rings. The van der Waals surface area contributed by atoms with Crippen molar-refractivity contribution in [2.24, 2.45) is 0 Å². The lowest BCUT2D eigenvalue weighted by molar-refractivity contribution is -0.138. The Balaban J connectivity index is 1.70. The summed E-state index contributed by atoms with van der Waals surface area (Å²) in [6.45, 7) is 9.40. The van der Waals surface area contributed by atoms with E-state index in [2.05, 4.69) is 10.6 Å². The van der Waals surface area contributed by atoms with Crippen molar-refractivity contribution >= 4 is 25.0 Å². The highest BCUT2D eigenvalue weighted by molar-refractivity contribution is 6.48. The molecule has 3 N–H and O–H groups in total. The number of nitrogens with one attached hydrogen (secondary N) is 2. The normalized spacial score (nSPS) is 20.4. The van der Waals surface area contributed by atoms with E-state index in [1.54, 1.807) is 4.90 Å². The minimum absolute atomic E-state index is 0.280. The number of carbonyl (C=O) groups excluding carboxylic acids is 2. The minimum Gasteiger partial charge on any atom is -0.465 e. The lowest BCUT2D eigenvalue weighted by atomic mass is 9.75. The van der Waals surface area contributed by atoms with Crippen LogP contribution in [-0.2, 0) is 30.1 Å². The van der Waals surface area contributed by atoms with E-state index < -0.39 is 42.3 Å². The van der Waals surface area contributed by atoms with E-state index in [1.165, 1.54) is 5.56 Å². The van der Waals surface area contributed by atoms with Crippen molar-refractivity contribution in [2.75, 3.05) is 26.3 Å². The summed E-state index contributed by atoms with van der Waals surface area (Å²) in [6.07, 6.45) is 0.454.